The Morgan fingerprint density at radius 1 is 1.11 bits per heavy atom. The molecule has 0 amide bonds. The summed E-state index contributed by atoms with van der Waals surface area (Å²) in [7, 11) is 1.36. The maximum absolute atomic E-state index is 12.5. The molecule has 3 aromatic rings. The molecule has 0 bridgehead atoms. The minimum absolute atomic E-state index is 0.102. The molecule has 28 heavy (non-hydrogen) atoms. The van der Waals surface area contributed by atoms with Gasteiger partial charge in [-0.25, -0.2) is 4.79 Å². The zero-order chi connectivity index (χ0) is 20.3. The van der Waals surface area contributed by atoms with Crippen molar-refractivity contribution in [2.75, 3.05) is 17.7 Å². The van der Waals surface area contributed by atoms with E-state index < -0.39 is 5.97 Å². The molecule has 0 aliphatic carbocycles. The maximum atomic E-state index is 12.5. The van der Waals surface area contributed by atoms with Crippen LogP contribution in [0.4, 0.5) is 10.7 Å². The van der Waals surface area contributed by atoms with Crippen molar-refractivity contribution in [1.29, 1.82) is 0 Å². The molecule has 0 aliphatic rings. The number of phenolic OH excluding ortho intramolecular Hbond substituents is 1. The highest BCUT2D eigenvalue weighted by Crippen LogP contribution is 2.40. The molecule has 3 N–H and O–H groups in total. The number of carbonyl (C=O) groups excluding carboxylic acids is 1. The summed E-state index contributed by atoms with van der Waals surface area (Å²) in [6.45, 7) is 3.84. The highest BCUT2D eigenvalue weighted by molar-refractivity contribution is 7.80. The summed E-state index contributed by atoms with van der Waals surface area (Å²) in [5, 5.41) is 17.0. The molecule has 0 aliphatic heterocycles. The molecule has 0 spiro atoms. The first-order valence-corrected chi connectivity index (χ1v) is 9.78. The van der Waals surface area contributed by atoms with Crippen LogP contribution in [0, 0.1) is 13.8 Å². The Morgan fingerprint density at radius 2 is 1.82 bits per heavy atom. The number of esters is 1. The van der Waals surface area contributed by atoms with E-state index in [0.717, 1.165) is 21.6 Å². The molecule has 2 aromatic carbocycles. The van der Waals surface area contributed by atoms with E-state index in [0.29, 0.717) is 16.3 Å². The summed E-state index contributed by atoms with van der Waals surface area (Å²) in [5.41, 5.74) is 3.62. The monoisotopic (exact) mass is 412 g/mol. The van der Waals surface area contributed by atoms with Gasteiger partial charge < -0.3 is 20.5 Å². The van der Waals surface area contributed by atoms with Gasteiger partial charge in [-0.2, -0.15) is 0 Å². The van der Waals surface area contributed by atoms with Crippen molar-refractivity contribution in [3.05, 3.63) is 64.5 Å². The van der Waals surface area contributed by atoms with Crippen LogP contribution in [0.5, 0.6) is 5.75 Å². The molecule has 7 heteroatoms. The van der Waals surface area contributed by atoms with Crippen molar-refractivity contribution in [1.82, 2.24) is 0 Å². The van der Waals surface area contributed by atoms with Gasteiger partial charge in [0.05, 0.1) is 12.8 Å². The SMILES string of the molecule is COC(=O)c1c(NC(=S)Nc2ccc(C)cc2O)sc(C)c1-c1ccccc1. The standard InChI is InChI=1S/C21H20N2O3S2/c1-12-9-10-15(16(24)11-12)22-21(27)23-19-18(20(25)26-3)17(13(2)28-19)14-7-5-4-6-8-14/h4-11,24H,1-3H3,(H2,22,23,27). The number of carbonyl (C=O) groups is 1. The number of aryl methyl sites for hydroxylation is 2. The van der Waals surface area contributed by atoms with Crippen molar-refractivity contribution in [3.8, 4) is 16.9 Å². The van der Waals surface area contributed by atoms with E-state index in [1.165, 1.54) is 18.4 Å². The number of phenols is 1. The topological polar surface area (TPSA) is 70.6 Å². The summed E-state index contributed by atoms with van der Waals surface area (Å²) in [5.74, 6) is -0.337. The molecular weight excluding hydrogens is 392 g/mol. The second kappa shape index (κ2) is 8.41. The number of thiocarbonyl (C=S) groups is 1. The van der Waals surface area contributed by atoms with Gasteiger partial charge in [0.2, 0.25) is 0 Å². The molecule has 0 unspecified atom stereocenters. The molecule has 0 saturated carbocycles. The van der Waals surface area contributed by atoms with E-state index >= 15 is 0 Å². The van der Waals surface area contributed by atoms with Crippen LogP contribution in [0.2, 0.25) is 0 Å². The minimum atomic E-state index is -0.438. The highest BCUT2D eigenvalue weighted by Gasteiger charge is 2.24. The van der Waals surface area contributed by atoms with Crippen molar-refractivity contribution in [2.24, 2.45) is 0 Å². The number of aromatic hydroxyl groups is 1. The normalized spacial score (nSPS) is 10.4. The van der Waals surface area contributed by atoms with Crippen LogP contribution in [0.15, 0.2) is 48.5 Å². The van der Waals surface area contributed by atoms with Gasteiger partial charge >= 0.3 is 5.97 Å². The van der Waals surface area contributed by atoms with Crippen molar-refractivity contribution in [2.45, 2.75) is 13.8 Å². The average Bonchev–Trinajstić information content (AvgIpc) is 2.99. The third-order valence-electron chi connectivity index (χ3n) is 4.16. The molecule has 3 rings (SSSR count). The van der Waals surface area contributed by atoms with E-state index in [4.69, 9.17) is 17.0 Å². The zero-order valence-electron chi connectivity index (χ0n) is 15.7. The molecule has 0 radical (unpaired) electrons. The number of ether oxygens (including phenoxy) is 1. The van der Waals surface area contributed by atoms with Gasteiger partial charge in [0.15, 0.2) is 5.11 Å². The summed E-state index contributed by atoms with van der Waals surface area (Å²) >= 11 is 6.81. The Kier molecular flexibility index (Phi) is 5.96. The number of thiophene rings is 1. The molecule has 144 valence electrons. The van der Waals surface area contributed by atoms with Gasteiger partial charge in [0.1, 0.15) is 16.3 Å². The Hall–Kier alpha value is -2.90. The van der Waals surface area contributed by atoms with Gasteiger partial charge in [-0.3, -0.25) is 0 Å². The first-order chi connectivity index (χ1) is 13.4. The first-order valence-electron chi connectivity index (χ1n) is 8.55. The predicted molar refractivity (Wildman–Crippen MR) is 119 cm³/mol. The lowest BCUT2D eigenvalue weighted by atomic mass is 10.0. The van der Waals surface area contributed by atoms with E-state index in [1.807, 2.05) is 50.2 Å². The smallest absolute Gasteiger partial charge is 0.341 e. The number of benzene rings is 2. The lowest BCUT2D eigenvalue weighted by molar-refractivity contribution is 0.0603. The van der Waals surface area contributed by atoms with Crippen LogP contribution in [-0.2, 0) is 4.74 Å². The van der Waals surface area contributed by atoms with E-state index in [-0.39, 0.29) is 10.9 Å². The van der Waals surface area contributed by atoms with Crippen LogP contribution in [0.3, 0.4) is 0 Å². The number of hydrogen-bond acceptors (Lipinski definition) is 5. The van der Waals surface area contributed by atoms with Crippen molar-refractivity contribution in [3.63, 3.8) is 0 Å². The van der Waals surface area contributed by atoms with Crippen LogP contribution in [0.25, 0.3) is 11.1 Å². The molecular formula is C21H20N2O3S2. The molecule has 1 heterocycles. The third-order valence-corrected chi connectivity index (χ3v) is 5.39. The highest BCUT2D eigenvalue weighted by atomic mass is 32.1. The minimum Gasteiger partial charge on any atom is -0.506 e. The van der Waals surface area contributed by atoms with E-state index in [2.05, 4.69) is 10.6 Å². The fraction of sp³-hybridized carbons (Fsp3) is 0.143. The summed E-state index contributed by atoms with van der Waals surface area (Å²) in [4.78, 5) is 13.5. The Labute approximate surface area is 173 Å². The molecule has 5 nitrogen and oxygen atoms in total. The lowest BCUT2D eigenvalue weighted by Crippen LogP contribution is -2.20. The van der Waals surface area contributed by atoms with Gasteiger partial charge in [-0.05, 0) is 49.3 Å². The van der Waals surface area contributed by atoms with Gasteiger partial charge in [0.25, 0.3) is 0 Å². The summed E-state index contributed by atoms with van der Waals surface area (Å²) in [6, 6.07) is 14.9. The van der Waals surface area contributed by atoms with Crippen molar-refractivity contribution < 1.29 is 14.6 Å². The summed E-state index contributed by atoms with van der Waals surface area (Å²) < 4.78 is 5.01. The van der Waals surface area contributed by atoms with Crippen molar-refractivity contribution >= 4 is 45.3 Å². The van der Waals surface area contributed by atoms with E-state index in [9.17, 15) is 9.90 Å². The Morgan fingerprint density at radius 3 is 2.46 bits per heavy atom. The van der Waals surface area contributed by atoms with Gasteiger partial charge in [-0.15, -0.1) is 11.3 Å². The number of hydrogen-bond donors (Lipinski definition) is 3. The maximum Gasteiger partial charge on any atom is 0.341 e. The quantitative estimate of drug-likeness (QED) is 0.306. The molecule has 0 fully saturated rings. The number of anilines is 2. The molecule has 0 saturated heterocycles. The van der Waals surface area contributed by atoms with Crippen LogP contribution >= 0.6 is 23.6 Å². The Bertz CT molecular complexity index is 1030. The largest absolute Gasteiger partial charge is 0.506 e. The Balaban J connectivity index is 1.93. The fourth-order valence-electron chi connectivity index (χ4n) is 2.89. The summed E-state index contributed by atoms with van der Waals surface area (Å²) in [6.07, 6.45) is 0. The lowest BCUT2D eigenvalue weighted by Gasteiger charge is -2.12. The van der Waals surface area contributed by atoms with Crippen LogP contribution < -0.4 is 10.6 Å². The van der Waals surface area contributed by atoms with Crippen LogP contribution in [0.1, 0.15) is 20.8 Å². The first kappa shape index (κ1) is 19.9. The predicted octanol–water partition coefficient (Wildman–Crippen LogP) is 5.33. The van der Waals surface area contributed by atoms with E-state index in [1.54, 1.807) is 12.1 Å². The zero-order valence-corrected chi connectivity index (χ0v) is 17.3. The number of rotatable bonds is 4. The fourth-order valence-corrected chi connectivity index (χ4v) is 4.23. The number of nitrogens with one attached hydrogen (secondary N) is 2. The average molecular weight is 413 g/mol. The molecule has 0 atom stereocenters. The van der Waals surface area contributed by atoms with Crippen LogP contribution in [-0.4, -0.2) is 23.3 Å². The van der Waals surface area contributed by atoms with Gasteiger partial charge in [0, 0.05) is 10.4 Å². The second-order valence-corrected chi connectivity index (χ2v) is 7.83. The second-order valence-electron chi connectivity index (χ2n) is 6.19. The molecule has 1 aromatic heterocycles. The van der Waals surface area contributed by atoms with Gasteiger partial charge in [-0.1, -0.05) is 36.4 Å². The number of methoxy groups -OCH3 is 1. The third kappa shape index (κ3) is 4.16.